The molecule has 0 amide bonds. The molecule has 0 atom stereocenters. The molecule has 0 aliphatic rings. The molecule has 18 heavy (non-hydrogen) atoms. The lowest BCUT2D eigenvalue weighted by atomic mass is 10.3. The van der Waals surface area contributed by atoms with Crippen LogP contribution in [0.25, 0.3) is 0 Å². The number of phenols is 1. The Hall–Kier alpha value is -1.72. The third-order valence-corrected chi connectivity index (χ3v) is 3.57. The van der Waals surface area contributed by atoms with Gasteiger partial charge in [-0.2, -0.15) is 0 Å². The van der Waals surface area contributed by atoms with Crippen molar-refractivity contribution >= 4 is 29.1 Å². The van der Waals surface area contributed by atoms with Gasteiger partial charge in [0.15, 0.2) is 0 Å². The molecule has 0 unspecified atom stereocenters. The van der Waals surface area contributed by atoms with Gasteiger partial charge in [-0.05, 0) is 24.3 Å². The van der Waals surface area contributed by atoms with Crippen molar-refractivity contribution in [2.45, 2.75) is 9.79 Å². The molecule has 0 fully saturated rings. The molecule has 0 aliphatic heterocycles. The Bertz CT molecular complexity index is 604. The normalized spacial score (nSPS) is 10.3. The van der Waals surface area contributed by atoms with Crippen LogP contribution < -0.4 is 0 Å². The van der Waals surface area contributed by atoms with Gasteiger partial charge in [0.05, 0.1) is 14.7 Å². The van der Waals surface area contributed by atoms with E-state index in [1.165, 1.54) is 12.1 Å². The van der Waals surface area contributed by atoms with Crippen molar-refractivity contribution in [3.05, 3.63) is 57.6 Å². The van der Waals surface area contributed by atoms with E-state index in [1.54, 1.807) is 30.3 Å². The number of phenolic OH excluding ortho intramolecular Hbond substituents is 1. The Morgan fingerprint density at radius 3 is 2.56 bits per heavy atom. The molecule has 0 aromatic heterocycles. The van der Waals surface area contributed by atoms with Crippen LogP contribution in [0.15, 0.2) is 52.3 Å². The summed E-state index contributed by atoms with van der Waals surface area (Å²) < 4.78 is 0. The number of hydrogen-bond acceptors (Lipinski definition) is 4. The van der Waals surface area contributed by atoms with Gasteiger partial charge in [0.1, 0.15) is 5.75 Å². The maximum absolute atomic E-state index is 10.9. The lowest BCUT2D eigenvalue weighted by Crippen LogP contribution is -1.90. The molecule has 0 saturated carbocycles. The van der Waals surface area contributed by atoms with Crippen molar-refractivity contribution in [1.82, 2.24) is 0 Å². The first-order chi connectivity index (χ1) is 8.58. The molecule has 0 saturated heterocycles. The molecule has 0 aliphatic carbocycles. The number of halogens is 1. The van der Waals surface area contributed by atoms with Crippen LogP contribution >= 0.6 is 23.4 Å². The minimum absolute atomic E-state index is 0.0734. The standard InChI is InChI=1S/C12H8ClNO3S/c13-8-5-6-11(9(7-8)14(16)17)18-12-4-2-1-3-10(12)15/h1-7,15H. The quantitative estimate of drug-likeness (QED) is 0.679. The minimum atomic E-state index is -0.492. The first-order valence-corrected chi connectivity index (χ1v) is 6.17. The SMILES string of the molecule is O=[N+]([O-])c1cc(Cl)ccc1Sc1ccccc1O. The van der Waals surface area contributed by atoms with Gasteiger partial charge in [-0.15, -0.1) is 0 Å². The molecule has 92 valence electrons. The van der Waals surface area contributed by atoms with Gasteiger partial charge in [-0.25, -0.2) is 0 Å². The Labute approximate surface area is 112 Å². The summed E-state index contributed by atoms with van der Waals surface area (Å²) in [6.45, 7) is 0. The third-order valence-electron chi connectivity index (χ3n) is 2.20. The van der Waals surface area contributed by atoms with Gasteiger partial charge >= 0.3 is 0 Å². The smallest absolute Gasteiger partial charge is 0.284 e. The number of para-hydroxylation sites is 1. The molecular weight excluding hydrogens is 274 g/mol. The largest absolute Gasteiger partial charge is 0.507 e. The van der Waals surface area contributed by atoms with Crippen LogP contribution in [0.2, 0.25) is 5.02 Å². The zero-order valence-corrected chi connectivity index (χ0v) is 10.6. The van der Waals surface area contributed by atoms with Crippen LogP contribution in [0.3, 0.4) is 0 Å². The van der Waals surface area contributed by atoms with Crippen molar-refractivity contribution in [3.63, 3.8) is 0 Å². The molecule has 1 N–H and O–H groups in total. The number of nitrogens with zero attached hydrogens (tertiary/aromatic N) is 1. The van der Waals surface area contributed by atoms with Crippen molar-refractivity contribution < 1.29 is 10.0 Å². The summed E-state index contributed by atoms with van der Waals surface area (Å²) in [5.74, 6) is 0.0896. The molecular formula is C12H8ClNO3S. The van der Waals surface area contributed by atoms with E-state index in [1.807, 2.05) is 0 Å². The van der Waals surface area contributed by atoms with E-state index in [0.717, 1.165) is 11.8 Å². The van der Waals surface area contributed by atoms with Crippen molar-refractivity contribution in [2.24, 2.45) is 0 Å². The van der Waals surface area contributed by atoms with E-state index in [2.05, 4.69) is 0 Å². The molecule has 2 aromatic carbocycles. The van der Waals surface area contributed by atoms with Crippen LogP contribution in [-0.2, 0) is 0 Å². The van der Waals surface area contributed by atoms with Gasteiger partial charge in [0.25, 0.3) is 5.69 Å². The summed E-state index contributed by atoms with van der Waals surface area (Å²) in [5.41, 5.74) is -0.0734. The summed E-state index contributed by atoms with van der Waals surface area (Å²) >= 11 is 6.86. The number of hydrogen-bond donors (Lipinski definition) is 1. The van der Waals surface area contributed by atoms with Crippen molar-refractivity contribution in [1.29, 1.82) is 0 Å². The van der Waals surface area contributed by atoms with Crippen molar-refractivity contribution in [2.75, 3.05) is 0 Å². The van der Waals surface area contributed by atoms with Gasteiger partial charge < -0.3 is 5.11 Å². The fourth-order valence-electron chi connectivity index (χ4n) is 1.38. The molecule has 0 radical (unpaired) electrons. The molecule has 0 heterocycles. The predicted molar refractivity (Wildman–Crippen MR) is 70.3 cm³/mol. The van der Waals surface area contributed by atoms with E-state index in [0.29, 0.717) is 14.8 Å². The van der Waals surface area contributed by atoms with E-state index in [9.17, 15) is 15.2 Å². The minimum Gasteiger partial charge on any atom is -0.507 e. The fraction of sp³-hybridized carbons (Fsp3) is 0. The highest BCUT2D eigenvalue weighted by molar-refractivity contribution is 7.99. The van der Waals surface area contributed by atoms with Crippen LogP contribution in [0.4, 0.5) is 5.69 Å². The number of nitro groups is 1. The average molecular weight is 282 g/mol. The van der Waals surface area contributed by atoms with E-state index < -0.39 is 4.92 Å². The van der Waals surface area contributed by atoms with Gasteiger partial charge in [0, 0.05) is 11.1 Å². The van der Waals surface area contributed by atoms with Crippen LogP contribution in [0, 0.1) is 10.1 Å². The molecule has 0 bridgehead atoms. The molecule has 6 heteroatoms. The molecule has 4 nitrogen and oxygen atoms in total. The zero-order chi connectivity index (χ0) is 13.1. The first-order valence-electron chi connectivity index (χ1n) is 4.97. The van der Waals surface area contributed by atoms with Crippen LogP contribution in [0.5, 0.6) is 5.75 Å². The average Bonchev–Trinajstić information content (AvgIpc) is 2.34. The highest BCUT2D eigenvalue weighted by Gasteiger charge is 2.16. The van der Waals surface area contributed by atoms with E-state index in [4.69, 9.17) is 11.6 Å². The highest BCUT2D eigenvalue weighted by atomic mass is 35.5. The molecule has 2 rings (SSSR count). The van der Waals surface area contributed by atoms with Crippen molar-refractivity contribution in [3.8, 4) is 5.75 Å². The topological polar surface area (TPSA) is 63.4 Å². The molecule has 0 spiro atoms. The summed E-state index contributed by atoms with van der Waals surface area (Å²) in [6.07, 6.45) is 0. The second kappa shape index (κ2) is 5.29. The lowest BCUT2D eigenvalue weighted by molar-refractivity contribution is -0.387. The summed E-state index contributed by atoms with van der Waals surface area (Å²) in [7, 11) is 0. The Morgan fingerprint density at radius 1 is 1.17 bits per heavy atom. The maximum Gasteiger partial charge on any atom is 0.284 e. The second-order valence-electron chi connectivity index (χ2n) is 3.44. The van der Waals surface area contributed by atoms with Crippen LogP contribution in [-0.4, -0.2) is 10.0 Å². The molecule has 2 aromatic rings. The first kappa shape index (κ1) is 12.7. The Balaban J connectivity index is 2.41. The monoisotopic (exact) mass is 281 g/mol. The zero-order valence-electron chi connectivity index (χ0n) is 9.04. The second-order valence-corrected chi connectivity index (χ2v) is 4.96. The highest BCUT2D eigenvalue weighted by Crippen LogP contribution is 2.39. The van der Waals surface area contributed by atoms with Gasteiger partial charge in [-0.3, -0.25) is 10.1 Å². The Kier molecular flexibility index (Phi) is 3.74. The number of aromatic hydroxyl groups is 1. The number of rotatable bonds is 3. The predicted octanol–water partition coefficient (Wildman–Crippen LogP) is 4.11. The van der Waals surface area contributed by atoms with Crippen LogP contribution in [0.1, 0.15) is 0 Å². The summed E-state index contributed by atoms with van der Waals surface area (Å²) in [4.78, 5) is 11.4. The lowest BCUT2D eigenvalue weighted by Gasteiger charge is -2.05. The maximum atomic E-state index is 10.9. The van der Waals surface area contributed by atoms with Gasteiger partial charge in [-0.1, -0.05) is 35.5 Å². The number of benzene rings is 2. The summed E-state index contributed by atoms with van der Waals surface area (Å²) in [6, 6.07) is 11.1. The Morgan fingerprint density at radius 2 is 1.89 bits per heavy atom. The third kappa shape index (κ3) is 2.75. The van der Waals surface area contributed by atoms with E-state index in [-0.39, 0.29) is 11.4 Å². The van der Waals surface area contributed by atoms with Gasteiger partial charge in [0.2, 0.25) is 0 Å². The summed E-state index contributed by atoms with van der Waals surface area (Å²) in [5, 5.41) is 20.9. The van der Waals surface area contributed by atoms with E-state index >= 15 is 0 Å². The fourth-order valence-corrected chi connectivity index (χ4v) is 2.48. The number of nitro benzene ring substituents is 1.